The van der Waals surface area contributed by atoms with Crippen LogP contribution in [0.3, 0.4) is 0 Å². The lowest BCUT2D eigenvalue weighted by molar-refractivity contribution is -0.122. The molecular formula is C14H28N2O3S. The largest absolute Gasteiger partial charge is 0.352 e. The Labute approximate surface area is 123 Å². The average Bonchev–Trinajstić information content (AvgIpc) is 2.51. The summed E-state index contributed by atoms with van der Waals surface area (Å²) in [4.78, 5) is 12.1. The first kappa shape index (κ1) is 17.4. The van der Waals surface area contributed by atoms with Gasteiger partial charge in [0.05, 0.1) is 12.8 Å². The van der Waals surface area contributed by atoms with Crippen molar-refractivity contribution in [3.8, 4) is 0 Å². The van der Waals surface area contributed by atoms with Crippen molar-refractivity contribution < 1.29 is 13.2 Å². The molecule has 6 heteroatoms. The molecular weight excluding hydrogens is 276 g/mol. The molecule has 0 aromatic carbocycles. The zero-order valence-corrected chi connectivity index (χ0v) is 13.9. The Morgan fingerprint density at radius 3 is 2.05 bits per heavy atom. The molecule has 0 spiro atoms. The van der Waals surface area contributed by atoms with Crippen LogP contribution in [-0.4, -0.2) is 43.0 Å². The summed E-state index contributed by atoms with van der Waals surface area (Å²) in [7, 11) is -3.39. The summed E-state index contributed by atoms with van der Waals surface area (Å²) in [5, 5.41) is 2.99. The van der Waals surface area contributed by atoms with Crippen LogP contribution in [0.2, 0.25) is 0 Å². The van der Waals surface area contributed by atoms with Gasteiger partial charge in [0.25, 0.3) is 0 Å². The molecule has 5 nitrogen and oxygen atoms in total. The lowest BCUT2D eigenvalue weighted by Gasteiger charge is -2.33. The number of amides is 1. The third-order valence-corrected chi connectivity index (χ3v) is 5.13. The van der Waals surface area contributed by atoms with Crippen molar-refractivity contribution in [1.29, 1.82) is 0 Å². The van der Waals surface area contributed by atoms with Gasteiger partial charge in [-0.15, -0.1) is 0 Å². The molecule has 1 aliphatic rings. The summed E-state index contributed by atoms with van der Waals surface area (Å²) in [6.07, 6.45) is 7.88. The number of nitrogens with one attached hydrogen (secondary N) is 1. The van der Waals surface area contributed by atoms with E-state index >= 15 is 0 Å². The number of sulfonamides is 1. The number of rotatable bonds is 4. The highest BCUT2D eigenvalue weighted by atomic mass is 32.2. The quantitative estimate of drug-likeness (QED) is 0.807. The highest BCUT2D eigenvalue weighted by Crippen LogP contribution is 2.19. The second-order valence-electron chi connectivity index (χ2n) is 6.70. The molecule has 0 bridgehead atoms. The summed E-state index contributed by atoms with van der Waals surface area (Å²) >= 11 is 0. The van der Waals surface area contributed by atoms with Crippen LogP contribution < -0.4 is 5.32 Å². The Bertz CT molecular complexity index is 418. The van der Waals surface area contributed by atoms with E-state index in [-0.39, 0.29) is 18.5 Å². The summed E-state index contributed by atoms with van der Waals surface area (Å²) in [6.45, 7) is 5.30. The van der Waals surface area contributed by atoms with E-state index in [1.807, 2.05) is 0 Å². The van der Waals surface area contributed by atoms with Crippen LogP contribution in [0.5, 0.6) is 0 Å². The van der Waals surface area contributed by atoms with Crippen molar-refractivity contribution in [3.05, 3.63) is 0 Å². The zero-order chi connectivity index (χ0) is 15.4. The molecule has 0 unspecified atom stereocenters. The van der Waals surface area contributed by atoms with Gasteiger partial charge in [0.15, 0.2) is 0 Å². The second kappa shape index (κ2) is 6.89. The molecule has 0 aromatic heterocycles. The van der Waals surface area contributed by atoms with Gasteiger partial charge in [-0.2, -0.15) is 4.31 Å². The predicted molar refractivity (Wildman–Crippen MR) is 80.9 cm³/mol. The summed E-state index contributed by atoms with van der Waals surface area (Å²) < 4.78 is 24.9. The van der Waals surface area contributed by atoms with E-state index in [1.54, 1.807) is 20.8 Å². The van der Waals surface area contributed by atoms with Crippen molar-refractivity contribution in [2.45, 2.75) is 70.9 Å². The molecule has 1 amide bonds. The maximum absolute atomic E-state index is 12.1. The van der Waals surface area contributed by atoms with Gasteiger partial charge in [-0.05, 0) is 33.6 Å². The zero-order valence-electron chi connectivity index (χ0n) is 13.1. The van der Waals surface area contributed by atoms with Crippen LogP contribution in [0.1, 0.15) is 59.3 Å². The third-order valence-electron chi connectivity index (χ3n) is 3.66. The normalized spacial score (nSPS) is 18.9. The fourth-order valence-electron chi connectivity index (χ4n) is 2.68. The van der Waals surface area contributed by atoms with Gasteiger partial charge in [0.2, 0.25) is 15.9 Å². The van der Waals surface area contributed by atoms with E-state index in [4.69, 9.17) is 0 Å². The average molecular weight is 304 g/mol. The van der Waals surface area contributed by atoms with Crippen molar-refractivity contribution in [2.24, 2.45) is 0 Å². The first-order chi connectivity index (χ1) is 9.10. The fraction of sp³-hybridized carbons (Fsp3) is 0.929. The Morgan fingerprint density at radius 1 is 1.15 bits per heavy atom. The molecule has 0 atom stereocenters. The van der Waals surface area contributed by atoms with Crippen molar-refractivity contribution in [2.75, 3.05) is 12.8 Å². The lowest BCUT2D eigenvalue weighted by atomic mass is 10.1. The second-order valence-corrected chi connectivity index (χ2v) is 8.60. The number of hydrogen-bond donors (Lipinski definition) is 1. The molecule has 0 aliphatic heterocycles. The number of carbonyl (C=O) groups excluding carboxylic acids is 1. The third kappa shape index (κ3) is 5.79. The molecule has 20 heavy (non-hydrogen) atoms. The smallest absolute Gasteiger partial charge is 0.235 e. The molecule has 0 aromatic rings. The molecule has 0 radical (unpaired) electrons. The topological polar surface area (TPSA) is 66.5 Å². The van der Waals surface area contributed by atoms with Crippen LogP contribution >= 0.6 is 0 Å². The molecule has 1 aliphatic carbocycles. The van der Waals surface area contributed by atoms with E-state index < -0.39 is 15.6 Å². The Kier molecular flexibility index (Phi) is 6.01. The van der Waals surface area contributed by atoms with Crippen molar-refractivity contribution in [1.82, 2.24) is 9.62 Å². The van der Waals surface area contributed by atoms with Crippen LogP contribution in [0.25, 0.3) is 0 Å². The minimum atomic E-state index is -3.39. The predicted octanol–water partition coefficient (Wildman–Crippen LogP) is 1.89. The first-order valence-electron chi connectivity index (χ1n) is 7.38. The van der Waals surface area contributed by atoms with Gasteiger partial charge in [0.1, 0.15) is 0 Å². The number of nitrogens with zero attached hydrogens (tertiary/aromatic N) is 1. The SMILES string of the molecule is CC(C)(C)N(CC(=O)NC1CCCCCC1)S(C)(=O)=O. The van der Waals surface area contributed by atoms with E-state index in [0.717, 1.165) is 31.9 Å². The maximum atomic E-state index is 12.1. The van der Waals surface area contributed by atoms with Gasteiger partial charge in [-0.1, -0.05) is 25.7 Å². The summed E-state index contributed by atoms with van der Waals surface area (Å²) in [6, 6.07) is 0.200. The van der Waals surface area contributed by atoms with E-state index in [2.05, 4.69) is 5.32 Å². The van der Waals surface area contributed by atoms with Crippen LogP contribution in [0, 0.1) is 0 Å². The molecule has 1 fully saturated rings. The van der Waals surface area contributed by atoms with Gasteiger partial charge in [0, 0.05) is 11.6 Å². The minimum absolute atomic E-state index is 0.0984. The standard InChI is InChI=1S/C14H28N2O3S/c1-14(2,3)16(20(4,18)19)11-13(17)15-12-9-7-5-6-8-10-12/h12H,5-11H2,1-4H3,(H,15,17). The minimum Gasteiger partial charge on any atom is -0.352 e. The van der Waals surface area contributed by atoms with E-state index in [0.29, 0.717) is 0 Å². The van der Waals surface area contributed by atoms with Gasteiger partial charge >= 0.3 is 0 Å². The Hall–Kier alpha value is -0.620. The van der Waals surface area contributed by atoms with Crippen molar-refractivity contribution in [3.63, 3.8) is 0 Å². The first-order valence-corrected chi connectivity index (χ1v) is 9.23. The Morgan fingerprint density at radius 2 is 1.65 bits per heavy atom. The molecule has 1 rings (SSSR count). The highest BCUT2D eigenvalue weighted by Gasteiger charge is 2.31. The van der Waals surface area contributed by atoms with Gasteiger partial charge in [-0.25, -0.2) is 8.42 Å². The van der Waals surface area contributed by atoms with Crippen LogP contribution in [0.15, 0.2) is 0 Å². The Balaban J connectivity index is 2.62. The molecule has 0 heterocycles. The van der Waals surface area contributed by atoms with Gasteiger partial charge in [-0.3, -0.25) is 4.79 Å². The van der Waals surface area contributed by atoms with E-state index in [9.17, 15) is 13.2 Å². The van der Waals surface area contributed by atoms with Crippen LogP contribution in [-0.2, 0) is 14.8 Å². The van der Waals surface area contributed by atoms with E-state index in [1.165, 1.54) is 17.1 Å². The number of carbonyl (C=O) groups is 1. The lowest BCUT2D eigenvalue weighted by Crippen LogP contribution is -2.51. The van der Waals surface area contributed by atoms with Gasteiger partial charge < -0.3 is 5.32 Å². The molecule has 1 saturated carbocycles. The fourth-order valence-corrected chi connectivity index (χ4v) is 4.03. The highest BCUT2D eigenvalue weighted by molar-refractivity contribution is 7.88. The van der Waals surface area contributed by atoms with Crippen molar-refractivity contribution >= 4 is 15.9 Å². The molecule has 118 valence electrons. The summed E-state index contributed by atoms with van der Waals surface area (Å²) in [5.74, 6) is -0.197. The maximum Gasteiger partial charge on any atom is 0.235 e. The summed E-state index contributed by atoms with van der Waals surface area (Å²) in [5.41, 5.74) is -0.589. The number of hydrogen-bond acceptors (Lipinski definition) is 3. The molecule has 1 N–H and O–H groups in total. The molecule has 0 saturated heterocycles. The van der Waals surface area contributed by atoms with Crippen LogP contribution in [0.4, 0.5) is 0 Å². The monoisotopic (exact) mass is 304 g/mol.